The van der Waals surface area contributed by atoms with E-state index in [1.807, 2.05) is 0 Å². The molecule has 0 atom stereocenters. The Morgan fingerprint density at radius 3 is 1.94 bits per heavy atom. The molecule has 0 aromatic rings. The average molecular weight is 228 g/mol. The van der Waals surface area contributed by atoms with E-state index in [-0.39, 0.29) is 18.3 Å². The number of ether oxygens (including phenoxy) is 1. The summed E-state index contributed by atoms with van der Waals surface area (Å²) in [7, 11) is 0. The Labute approximate surface area is 103 Å². The van der Waals surface area contributed by atoms with Crippen molar-refractivity contribution in [1.29, 1.82) is 0 Å². The van der Waals surface area contributed by atoms with Crippen LogP contribution < -0.4 is 0 Å². The van der Waals surface area contributed by atoms with Gasteiger partial charge in [-0.15, -0.1) is 0 Å². The minimum atomic E-state index is 0. The van der Waals surface area contributed by atoms with E-state index >= 15 is 0 Å². The maximum Gasteiger partial charge on any atom is 0.0523 e. The molecule has 0 unspecified atom stereocenters. The molecular formula is C15H32O. The van der Waals surface area contributed by atoms with Crippen molar-refractivity contribution < 1.29 is 4.74 Å². The SMILES string of the molecule is C.CC(C)OCC(C)(C)C/C=C/C(C)(C)C. The average Bonchev–Trinajstić information content (AvgIpc) is 1.98. The number of hydrogen-bond donors (Lipinski definition) is 0. The Balaban J connectivity index is 0. The molecule has 0 saturated heterocycles. The van der Waals surface area contributed by atoms with E-state index in [4.69, 9.17) is 4.74 Å². The fraction of sp³-hybridized carbons (Fsp3) is 0.867. The summed E-state index contributed by atoms with van der Waals surface area (Å²) in [6, 6.07) is 0. The molecule has 0 aromatic carbocycles. The van der Waals surface area contributed by atoms with Crippen LogP contribution in [0.5, 0.6) is 0 Å². The summed E-state index contributed by atoms with van der Waals surface area (Å²) in [5, 5.41) is 0. The summed E-state index contributed by atoms with van der Waals surface area (Å²) in [6.07, 6.45) is 5.97. The van der Waals surface area contributed by atoms with Crippen molar-refractivity contribution in [2.45, 2.75) is 68.4 Å². The first-order valence-corrected chi connectivity index (χ1v) is 5.92. The van der Waals surface area contributed by atoms with Crippen LogP contribution >= 0.6 is 0 Å². The van der Waals surface area contributed by atoms with Crippen molar-refractivity contribution in [3.8, 4) is 0 Å². The second kappa shape index (κ2) is 7.11. The molecule has 0 heterocycles. The minimum absolute atomic E-state index is 0. The maximum atomic E-state index is 5.66. The van der Waals surface area contributed by atoms with E-state index in [1.54, 1.807) is 0 Å². The van der Waals surface area contributed by atoms with Crippen LogP contribution in [0, 0.1) is 10.8 Å². The molecule has 0 rings (SSSR count). The summed E-state index contributed by atoms with van der Waals surface area (Å²) >= 11 is 0. The monoisotopic (exact) mass is 228 g/mol. The fourth-order valence-electron chi connectivity index (χ4n) is 1.18. The molecule has 0 fully saturated rings. The van der Waals surface area contributed by atoms with Gasteiger partial charge in [0.25, 0.3) is 0 Å². The molecule has 0 N–H and O–H groups in total. The lowest BCUT2D eigenvalue weighted by Crippen LogP contribution is -2.21. The van der Waals surface area contributed by atoms with Gasteiger partial charge in [0.05, 0.1) is 12.7 Å². The quantitative estimate of drug-likeness (QED) is 0.597. The van der Waals surface area contributed by atoms with Crippen LogP contribution in [0.25, 0.3) is 0 Å². The third-order valence-electron chi connectivity index (χ3n) is 2.10. The van der Waals surface area contributed by atoms with Gasteiger partial charge in [0.2, 0.25) is 0 Å². The Kier molecular flexibility index (Phi) is 8.03. The van der Waals surface area contributed by atoms with E-state index in [0.29, 0.717) is 6.10 Å². The summed E-state index contributed by atoms with van der Waals surface area (Å²) < 4.78 is 5.66. The van der Waals surface area contributed by atoms with Gasteiger partial charge in [-0.3, -0.25) is 0 Å². The third kappa shape index (κ3) is 11.8. The smallest absolute Gasteiger partial charge is 0.0523 e. The highest BCUT2D eigenvalue weighted by Gasteiger charge is 2.17. The Morgan fingerprint density at radius 1 is 1.06 bits per heavy atom. The van der Waals surface area contributed by atoms with E-state index < -0.39 is 0 Å². The van der Waals surface area contributed by atoms with E-state index in [9.17, 15) is 0 Å². The van der Waals surface area contributed by atoms with Crippen molar-refractivity contribution in [2.75, 3.05) is 6.61 Å². The molecule has 0 aliphatic rings. The number of allylic oxidation sites excluding steroid dienone is 2. The Bertz CT molecular complexity index is 194. The molecule has 0 spiro atoms. The topological polar surface area (TPSA) is 9.23 Å². The fourth-order valence-corrected chi connectivity index (χ4v) is 1.18. The van der Waals surface area contributed by atoms with Crippen LogP contribution in [0.2, 0.25) is 0 Å². The summed E-state index contributed by atoms with van der Waals surface area (Å²) in [4.78, 5) is 0. The van der Waals surface area contributed by atoms with Gasteiger partial charge in [0.1, 0.15) is 0 Å². The minimum Gasteiger partial charge on any atom is -0.378 e. The molecule has 0 bridgehead atoms. The first kappa shape index (κ1) is 18.1. The zero-order chi connectivity index (χ0) is 12.1. The van der Waals surface area contributed by atoms with Gasteiger partial charge in [-0.2, -0.15) is 0 Å². The highest BCUT2D eigenvalue weighted by molar-refractivity contribution is 4.94. The van der Waals surface area contributed by atoms with E-state index in [2.05, 4.69) is 60.6 Å². The van der Waals surface area contributed by atoms with Crippen LogP contribution in [0.4, 0.5) is 0 Å². The van der Waals surface area contributed by atoms with Crippen LogP contribution in [-0.2, 0) is 4.74 Å². The molecule has 0 aliphatic carbocycles. The van der Waals surface area contributed by atoms with Crippen molar-refractivity contribution in [3.05, 3.63) is 12.2 Å². The summed E-state index contributed by atoms with van der Waals surface area (Å²) in [5.41, 5.74) is 0.529. The number of hydrogen-bond acceptors (Lipinski definition) is 1. The van der Waals surface area contributed by atoms with Gasteiger partial charge < -0.3 is 4.74 Å². The molecule has 0 amide bonds. The predicted octanol–water partition coefficient (Wildman–Crippen LogP) is 5.07. The zero-order valence-electron chi connectivity index (χ0n) is 11.6. The standard InChI is InChI=1S/C14H28O.CH4/c1-12(2)15-11-14(6,7)10-8-9-13(3,4)5;/h8-9,12H,10-11H2,1-7H3;1H4/b9-8+;. The molecule has 0 aromatic heterocycles. The lowest BCUT2D eigenvalue weighted by Gasteiger charge is -2.24. The molecular weight excluding hydrogens is 196 g/mol. The lowest BCUT2D eigenvalue weighted by atomic mass is 9.88. The predicted molar refractivity (Wildman–Crippen MR) is 74.8 cm³/mol. The van der Waals surface area contributed by atoms with E-state index in [1.165, 1.54) is 0 Å². The lowest BCUT2D eigenvalue weighted by molar-refractivity contribution is 0.0225. The molecule has 98 valence electrons. The molecule has 0 saturated carbocycles. The first-order chi connectivity index (χ1) is 6.62. The van der Waals surface area contributed by atoms with Crippen LogP contribution in [0.1, 0.15) is 62.3 Å². The molecule has 0 aliphatic heterocycles. The second-order valence-electron chi connectivity index (χ2n) is 6.50. The Morgan fingerprint density at radius 2 is 1.56 bits per heavy atom. The third-order valence-corrected chi connectivity index (χ3v) is 2.10. The molecule has 16 heavy (non-hydrogen) atoms. The van der Waals surface area contributed by atoms with Crippen LogP contribution in [0.3, 0.4) is 0 Å². The van der Waals surface area contributed by atoms with Crippen molar-refractivity contribution in [1.82, 2.24) is 0 Å². The van der Waals surface area contributed by atoms with Gasteiger partial charge in [-0.05, 0) is 31.1 Å². The molecule has 1 heteroatoms. The highest BCUT2D eigenvalue weighted by atomic mass is 16.5. The van der Waals surface area contributed by atoms with Crippen molar-refractivity contribution >= 4 is 0 Å². The van der Waals surface area contributed by atoms with Gasteiger partial charge in [0.15, 0.2) is 0 Å². The van der Waals surface area contributed by atoms with Gasteiger partial charge in [0, 0.05) is 0 Å². The number of rotatable bonds is 5. The largest absolute Gasteiger partial charge is 0.378 e. The maximum absolute atomic E-state index is 5.66. The van der Waals surface area contributed by atoms with Gasteiger partial charge in [-0.1, -0.05) is 54.2 Å². The van der Waals surface area contributed by atoms with Crippen molar-refractivity contribution in [2.24, 2.45) is 10.8 Å². The first-order valence-electron chi connectivity index (χ1n) is 5.92. The summed E-state index contributed by atoms with van der Waals surface area (Å²) in [6.45, 7) is 16.2. The van der Waals surface area contributed by atoms with Crippen LogP contribution in [-0.4, -0.2) is 12.7 Å². The highest BCUT2D eigenvalue weighted by Crippen LogP contribution is 2.24. The van der Waals surface area contributed by atoms with Gasteiger partial charge >= 0.3 is 0 Å². The van der Waals surface area contributed by atoms with Crippen LogP contribution in [0.15, 0.2) is 12.2 Å². The zero-order valence-corrected chi connectivity index (χ0v) is 11.6. The molecule has 1 nitrogen and oxygen atoms in total. The van der Waals surface area contributed by atoms with E-state index in [0.717, 1.165) is 13.0 Å². The normalized spacial score (nSPS) is 13.2. The summed E-state index contributed by atoms with van der Waals surface area (Å²) in [5.74, 6) is 0. The molecule has 0 radical (unpaired) electrons. The van der Waals surface area contributed by atoms with Crippen molar-refractivity contribution in [3.63, 3.8) is 0 Å². The Hall–Kier alpha value is -0.300. The van der Waals surface area contributed by atoms with Gasteiger partial charge in [-0.25, -0.2) is 0 Å². The second-order valence-corrected chi connectivity index (χ2v) is 6.50.